The molecule has 2 amide bonds. The highest BCUT2D eigenvalue weighted by atomic mass is 32.2. The molecule has 0 saturated carbocycles. The van der Waals surface area contributed by atoms with E-state index < -0.39 is 34.0 Å². The van der Waals surface area contributed by atoms with E-state index in [9.17, 15) is 22.8 Å². The van der Waals surface area contributed by atoms with Gasteiger partial charge in [-0.1, -0.05) is 30.3 Å². The summed E-state index contributed by atoms with van der Waals surface area (Å²) in [7, 11) is -1.48. The van der Waals surface area contributed by atoms with Gasteiger partial charge in [0.05, 0.1) is 30.7 Å². The molecule has 12 nitrogen and oxygen atoms in total. The second-order valence-electron chi connectivity index (χ2n) is 10.7. The van der Waals surface area contributed by atoms with Gasteiger partial charge in [-0.2, -0.15) is 4.31 Å². The van der Waals surface area contributed by atoms with Crippen molar-refractivity contribution in [1.82, 2.24) is 14.9 Å². The lowest BCUT2D eigenvalue weighted by molar-refractivity contribution is -0.125. The molecule has 4 bridgehead atoms. The summed E-state index contributed by atoms with van der Waals surface area (Å²) in [5.41, 5.74) is 1.67. The van der Waals surface area contributed by atoms with E-state index in [4.69, 9.17) is 18.9 Å². The molecule has 0 aromatic heterocycles. The molecule has 8 rings (SSSR count). The first-order chi connectivity index (χ1) is 21.7. The minimum atomic E-state index is -4.15. The lowest BCUT2D eigenvalue weighted by Gasteiger charge is -2.38. The second-order valence-corrected chi connectivity index (χ2v) is 12.6. The third-order valence-corrected chi connectivity index (χ3v) is 9.62. The summed E-state index contributed by atoms with van der Waals surface area (Å²) in [4.78, 5) is 37.8. The van der Waals surface area contributed by atoms with Gasteiger partial charge in [-0.05, 0) is 53.9 Å². The highest BCUT2D eigenvalue weighted by Gasteiger charge is 2.39. The van der Waals surface area contributed by atoms with E-state index >= 15 is 0 Å². The molecule has 45 heavy (non-hydrogen) atoms. The molecular formula is C32H35N3O9S. The molecule has 5 aliphatic heterocycles. The molecule has 5 heterocycles. The number of benzene rings is 3. The first-order valence-corrected chi connectivity index (χ1v) is 15.9. The Morgan fingerprint density at radius 2 is 1.71 bits per heavy atom. The van der Waals surface area contributed by atoms with Crippen LogP contribution in [-0.2, 0) is 37.3 Å². The SMILES string of the molecule is COC(=O)c1ccccc1S(=O)(=O)N1CC[C@H]2Oc3ccc(cc3)CNC(=O)CCc3ccc(c(OC)c3)OCC(=O)N[C@@H]2C1. The summed E-state index contributed by atoms with van der Waals surface area (Å²) in [5, 5.41) is 5.82. The number of hydrogen-bond donors (Lipinski definition) is 2. The van der Waals surface area contributed by atoms with E-state index in [1.807, 2.05) is 12.1 Å². The van der Waals surface area contributed by atoms with Crippen LogP contribution in [0.5, 0.6) is 17.2 Å². The fourth-order valence-corrected chi connectivity index (χ4v) is 6.95. The molecule has 5 aliphatic rings. The van der Waals surface area contributed by atoms with E-state index in [2.05, 4.69) is 10.6 Å². The Morgan fingerprint density at radius 1 is 0.956 bits per heavy atom. The lowest BCUT2D eigenvalue weighted by atomic mass is 10.0. The molecule has 0 unspecified atom stereocenters. The van der Waals surface area contributed by atoms with E-state index in [1.165, 1.54) is 36.7 Å². The van der Waals surface area contributed by atoms with Crippen LogP contribution in [0.15, 0.2) is 71.6 Å². The van der Waals surface area contributed by atoms with Crippen molar-refractivity contribution in [3.63, 3.8) is 0 Å². The minimum absolute atomic E-state index is 0.0803. The van der Waals surface area contributed by atoms with Crippen LogP contribution in [0.1, 0.15) is 34.3 Å². The van der Waals surface area contributed by atoms with Crippen molar-refractivity contribution in [2.75, 3.05) is 33.9 Å². The van der Waals surface area contributed by atoms with Crippen LogP contribution in [0, 0.1) is 0 Å². The normalized spacial score (nSPS) is 19.7. The van der Waals surface area contributed by atoms with Crippen molar-refractivity contribution in [2.45, 2.75) is 42.8 Å². The summed E-state index contributed by atoms with van der Waals surface area (Å²) in [6.45, 7) is -0.0550. The standard InChI is InChI=1S/C32H35N3O9S/c1-41-28-17-21-9-13-27(28)43-20-31(37)34-25-19-35(45(39,40)29-6-4-3-5-24(29)32(38)42-2)16-15-26(25)44-23-11-7-22(8-12-23)18-33-30(36)14-10-21/h3-9,11-13,17,25-26H,10,14-16,18-20H2,1-2H3,(H,33,36)(H,34,37)/t25-,26-/m1/s1. The molecule has 1 fully saturated rings. The Balaban J connectivity index is 1.42. The Bertz CT molecular complexity index is 1660. The first kappa shape index (κ1) is 31.8. The number of piperidine rings is 1. The number of ether oxygens (including phenoxy) is 4. The second kappa shape index (κ2) is 14.0. The van der Waals surface area contributed by atoms with Gasteiger partial charge in [0.1, 0.15) is 11.9 Å². The molecule has 1 saturated heterocycles. The van der Waals surface area contributed by atoms with E-state index in [1.54, 1.807) is 36.4 Å². The van der Waals surface area contributed by atoms with Crippen molar-refractivity contribution in [2.24, 2.45) is 0 Å². The van der Waals surface area contributed by atoms with Crippen LogP contribution in [0.25, 0.3) is 0 Å². The monoisotopic (exact) mass is 637 g/mol. The average molecular weight is 638 g/mol. The summed E-state index contributed by atoms with van der Waals surface area (Å²) in [5.74, 6) is -0.0804. The molecule has 13 heteroatoms. The molecule has 3 aromatic carbocycles. The highest BCUT2D eigenvalue weighted by molar-refractivity contribution is 7.89. The predicted molar refractivity (Wildman–Crippen MR) is 163 cm³/mol. The third-order valence-electron chi connectivity index (χ3n) is 7.70. The van der Waals surface area contributed by atoms with Crippen LogP contribution >= 0.6 is 0 Å². The first-order valence-electron chi connectivity index (χ1n) is 14.5. The van der Waals surface area contributed by atoms with Gasteiger partial charge < -0.3 is 29.6 Å². The maximum Gasteiger partial charge on any atom is 0.339 e. The molecule has 0 spiro atoms. The topological polar surface area (TPSA) is 150 Å². The molecule has 2 N–H and O–H groups in total. The van der Waals surface area contributed by atoms with Gasteiger partial charge in [-0.15, -0.1) is 0 Å². The number of aryl methyl sites for hydroxylation is 1. The number of amides is 2. The number of carbonyl (C=O) groups is 3. The van der Waals surface area contributed by atoms with Crippen molar-refractivity contribution in [1.29, 1.82) is 0 Å². The van der Waals surface area contributed by atoms with Crippen molar-refractivity contribution >= 4 is 27.8 Å². The van der Waals surface area contributed by atoms with Crippen LogP contribution < -0.4 is 24.8 Å². The third kappa shape index (κ3) is 7.55. The maximum atomic E-state index is 13.8. The van der Waals surface area contributed by atoms with Gasteiger partial charge in [0.2, 0.25) is 15.9 Å². The zero-order valence-corrected chi connectivity index (χ0v) is 25.8. The van der Waals surface area contributed by atoms with Crippen molar-refractivity contribution in [3.05, 3.63) is 83.4 Å². The average Bonchev–Trinajstić information content (AvgIpc) is 3.06. The van der Waals surface area contributed by atoms with Gasteiger partial charge in [-0.3, -0.25) is 9.59 Å². The van der Waals surface area contributed by atoms with Crippen LogP contribution in [-0.4, -0.2) is 76.6 Å². The number of sulfonamides is 1. The summed E-state index contributed by atoms with van der Waals surface area (Å²) >= 11 is 0. The number of rotatable bonds is 4. The summed E-state index contributed by atoms with van der Waals surface area (Å²) < 4.78 is 51.1. The number of nitrogens with zero attached hydrogens (tertiary/aromatic N) is 1. The molecule has 0 radical (unpaired) electrons. The van der Waals surface area contributed by atoms with Crippen molar-refractivity contribution in [3.8, 4) is 17.2 Å². The largest absolute Gasteiger partial charge is 0.493 e. The molecule has 238 valence electrons. The molecule has 0 aliphatic carbocycles. The molecule has 2 atom stereocenters. The number of carbonyl (C=O) groups excluding carboxylic acids is 3. The van der Waals surface area contributed by atoms with Gasteiger partial charge >= 0.3 is 5.97 Å². The van der Waals surface area contributed by atoms with Crippen LogP contribution in [0.2, 0.25) is 0 Å². The van der Waals surface area contributed by atoms with Gasteiger partial charge in [0.25, 0.3) is 5.91 Å². The summed E-state index contributed by atoms with van der Waals surface area (Å²) in [6, 6.07) is 17.5. The van der Waals surface area contributed by atoms with Crippen LogP contribution in [0.4, 0.5) is 0 Å². The quantitative estimate of drug-likeness (QED) is 0.412. The Hall–Kier alpha value is -4.62. The number of esters is 1. The fourth-order valence-electron chi connectivity index (χ4n) is 5.29. The highest BCUT2D eigenvalue weighted by Crippen LogP contribution is 2.29. The molecule has 3 aromatic rings. The summed E-state index contributed by atoms with van der Waals surface area (Å²) in [6.07, 6.45) is 0.443. The number of methoxy groups -OCH3 is 2. The molecular weight excluding hydrogens is 602 g/mol. The number of nitrogens with one attached hydrogen (secondary N) is 2. The Morgan fingerprint density at radius 3 is 2.47 bits per heavy atom. The van der Waals surface area contributed by atoms with E-state index in [-0.39, 0.29) is 48.9 Å². The number of hydrogen-bond acceptors (Lipinski definition) is 9. The maximum absolute atomic E-state index is 13.8. The Labute approximate surface area is 261 Å². The van der Waals surface area contributed by atoms with Gasteiger partial charge in [0, 0.05) is 32.5 Å². The zero-order chi connectivity index (χ0) is 32.0. The fraction of sp³-hybridized carbons (Fsp3) is 0.344. The van der Waals surface area contributed by atoms with E-state index in [0.29, 0.717) is 30.2 Å². The van der Waals surface area contributed by atoms with Crippen molar-refractivity contribution < 1.29 is 41.7 Å². The van der Waals surface area contributed by atoms with Gasteiger partial charge in [-0.25, -0.2) is 13.2 Å². The smallest absolute Gasteiger partial charge is 0.339 e. The minimum Gasteiger partial charge on any atom is -0.493 e. The van der Waals surface area contributed by atoms with E-state index in [0.717, 1.165) is 11.1 Å². The van der Waals surface area contributed by atoms with Gasteiger partial charge in [0.15, 0.2) is 18.1 Å². The Kier molecular flexibility index (Phi) is 9.89. The lowest BCUT2D eigenvalue weighted by Crippen LogP contribution is -2.58. The predicted octanol–water partition coefficient (Wildman–Crippen LogP) is 2.45. The van der Waals surface area contributed by atoms with Crippen LogP contribution in [0.3, 0.4) is 0 Å². The zero-order valence-electron chi connectivity index (χ0n) is 25.0.